The molecule has 19 valence electrons. The van der Waals surface area contributed by atoms with E-state index < -0.39 is 0 Å². The molecule has 0 saturated heterocycles. The summed E-state index contributed by atoms with van der Waals surface area (Å²) in [7, 11) is 0. The predicted octanol–water partition coefficient (Wildman–Crippen LogP) is -1.53. The Labute approximate surface area is 112 Å². The van der Waals surface area contributed by atoms with Crippen molar-refractivity contribution in [3.63, 3.8) is 0 Å². The Morgan fingerprint density at radius 3 is 0.400 bits per heavy atom. The average molecular weight is 205 g/mol. The Morgan fingerprint density at radius 2 is 0.400 bits per heavy atom. The summed E-state index contributed by atoms with van der Waals surface area (Å²) in [6.07, 6.45) is 0. The molecule has 0 bridgehead atoms. The van der Waals surface area contributed by atoms with Crippen molar-refractivity contribution in [2.45, 2.75) is 0 Å². The van der Waals surface area contributed by atoms with Gasteiger partial charge < -0.3 is 0 Å². The predicted molar refractivity (Wildman–Crippen MR) is 23.0 cm³/mol. The molecule has 0 atom stereocenters. The molecule has 0 aromatic carbocycles. The van der Waals surface area contributed by atoms with Gasteiger partial charge in [0.15, 0.2) is 0 Å². The van der Waals surface area contributed by atoms with Crippen molar-refractivity contribution < 1.29 is 22.4 Å². The Hall–Kier alpha value is 3.81. The van der Waals surface area contributed by atoms with Crippen LogP contribution >= 0.6 is 0 Å². The molecule has 9 radical (unpaired) electrons. The molecular formula is AgMg4. The smallest absolute Gasteiger partial charge is 0 e. The van der Waals surface area contributed by atoms with Crippen LogP contribution in [0.2, 0.25) is 0 Å². The second-order valence-electron chi connectivity index (χ2n) is 0. The van der Waals surface area contributed by atoms with Crippen molar-refractivity contribution in [2.24, 2.45) is 0 Å². The van der Waals surface area contributed by atoms with Gasteiger partial charge in [0.2, 0.25) is 0 Å². The van der Waals surface area contributed by atoms with Gasteiger partial charge in [-0.15, -0.1) is 0 Å². The Bertz CT molecular complexity index is 3.61. The van der Waals surface area contributed by atoms with Crippen LogP contribution in [0.25, 0.3) is 0 Å². The molecule has 0 aliphatic rings. The van der Waals surface area contributed by atoms with Gasteiger partial charge in [0, 0.05) is 115 Å². The second-order valence-corrected chi connectivity index (χ2v) is 0. The first-order chi connectivity index (χ1) is 0. The molecule has 0 rings (SSSR count). The van der Waals surface area contributed by atoms with Crippen LogP contribution in [-0.2, 0) is 22.4 Å². The molecule has 0 unspecified atom stereocenters. The molecule has 0 aromatic rings. The Kier molecular flexibility index (Phi) is 185. The normalized spacial score (nSPS) is 0. The van der Waals surface area contributed by atoms with Crippen LogP contribution in [0.15, 0.2) is 0 Å². The summed E-state index contributed by atoms with van der Waals surface area (Å²) in [5.41, 5.74) is 0. The Balaban J connectivity index is 0. The zero-order chi connectivity index (χ0) is 0. The fraction of sp³-hybridized carbons (Fsp3) is 0. The molecule has 5 heteroatoms. The van der Waals surface area contributed by atoms with E-state index in [9.17, 15) is 0 Å². The van der Waals surface area contributed by atoms with E-state index in [0.29, 0.717) is 0 Å². The zero-order valence-corrected chi connectivity index (χ0v) is 10.3. The molecule has 0 aliphatic heterocycles. The van der Waals surface area contributed by atoms with Crippen molar-refractivity contribution in [1.29, 1.82) is 0 Å². The third-order valence-corrected chi connectivity index (χ3v) is 0. The van der Waals surface area contributed by atoms with Crippen molar-refractivity contribution in [3.05, 3.63) is 0 Å². The van der Waals surface area contributed by atoms with Gasteiger partial charge in [-0.25, -0.2) is 0 Å². The largest absolute Gasteiger partial charge is 0 e. The van der Waals surface area contributed by atoms with Crippen molar-refractivity contribution >= 4 is 92.2 Å². The van der Waals surface area contributed by atoms with Crippen LogP contribution in [0.4, 0.5) is 0 Å². The monoisotopic (exact) mass is 203 g/mol. The quantitative estimate of drug-likeness (QED) is 0.421. The van der Waals surface area contributed by atoms with Crippen LogP contribution in [0.3, 0.4) is 0 Å². The summed E-state index contributed by atoms with van der Waals surface area (Å²) in [4.78, 5) is 0. The van der Waals surface area contributed by atoms with E-state index in [1.54, 1.807) is 0 Å². The van der Waals surface area contributed by atoms with Gasteiger partial charge >= 0.3 is 0 Å². The van der Waals surface area contributed by atoms with Crippen molar-refractivity contribution in [2.75, 3.05) is 0 Å². The molecule has 0 N–H and O–H groups in total. The molecular weight excluding hydrogens is 205 g/mol. The van der Waals surface area contributed by atoms with Crippen molar-refractivity contribution in [3.8, 4) is 0 Å². The fourth-order valence-electron chi connectivity index (χ4n) is 0. The molecule has 0 heterocycles. The van der Waals surface area contributed by atoms with Gasteiger partial charge in [-0.1, -0.05) is 0 Å². The summed E-state index contributed by atoms with van der Waals surface area (Å²) in [6, 6.07) is 0. The topological polar surface area (TPSA) is 0 Å². The molecule has 0 saturated carbocycles. The number of hydrogen-bond acceptors (Lipinski definition) is 0. The van der Waals surface area contributed by atoms with Gasteiger partial charge in [-0.2, -0.15) is 0 Å². The average Bonchev–Trinajstić information content (AvgIpc) is 0. The first-order valence-electron chi connectivity index (χ1n) is 0. The maximum atomic E-state index is 0. The third-order valence-electron chi connectivity index (χ3n) is 0. The summed E-state index contributed by atoms with van der Waals surface area (Å²) in [6.45, 7) is 0. The van der Waals surface area contributed by atoms with E-state index >= 15 is 0 Å². The summed E-state index contributed by atoms with van der Waals surface area (Å²) in [5.74, 6) is 0. The standard InChI is InChI=1S/Ag.4Mg. The third kappa shape index (κ3) is 18.2. The maximum Gasteiger partial charge on any atom is 0 e. The van der Waals surface area contributed by atoms with E-state index in [4.69, 9.17) is 0 Å². The number of rotatable bonds is 0. The molecule has 0 aromatic heterocycles. The van der Waals surface area contributed by atoms with E-state index in [0.717, 1.165) is 0 Å². The molecule has 0 nitrogen and oxygen atoms in total. The van der Waals surface area contributed by atoms with Crippen LogP contribution in [0.1, 0.15) is 0 Å². The van der Waals surface area contributed by atoms with E-state index in [1.807, 2.05) is 0 Å². The van der Waals surface area contributed by atoms with E-state index in [2.05, 4.69) is 0 Å². The molecule has 0 fully saturated rings. The van der Waals surface area contributed by atoms with Gasteiger partial charge in [-0.3, -0.25) is 0 Å². The van der Waals surface area contributed by atoms with Crippen molar-refractivity contribution in [1.82, 2.24) is 0 Å². The van der Waals surface area contributed by atoms with Gasteiger partial charge in [0.25, 0.3) is 0 Å². The minimum absolute atomic E-state index is 0. The molecule has 0 spiro atoms. The fourth-order valence-corrected chi connectivity index (χ4v) is 0. The first-order valence-corrected chi connectivity index (χ1v) is 0. The first kappa shape index (κ1) is 37.0. The minimum Gasteiger partial charge on any atom is 0 e. The van der Waals surface area contributed by atoms with E-state index in [-0.39, 0.29) is 115 Å². The molecule has 0 amide bonds. The minimum atomic E-state index is 0. The van der Waals surface area contributed by atoms with Crippen LogP contribution in [0, 0.1) is 0 Å². The zero-order valence-electron chi connectivity index (χ0n) is 3.13. The second kappa shape index (κ2) is 25.0. The van der Waals surface area contributed by atoms with Gasteiger partial charge in [0.1, 0.15) is 0 Å². The van der Waals surface area contributed by atoms with Crippen LogP contribution in [0.5, 0.6) is 0 Å². The maximum absolute atomic E-state index is 0. The summed E-state index contributed by atoms with van der Waals surface area (Å²) < 4.78 is 0. The number of hydrogen-bond donors (Lipinski definition) is 0. The molecule has 5 heavy (non-hydrogen) atoms. The Morgan fingerprint density at radius 1 is 0.400 bits per heavy atom. The van der Waals surface area contributed by atoms with E-state index in [1.165, 1.54) is 0 Å². The summed E-state index contributed by atoms with van der Waals surface area (Å²) in [5, 5.41) is 0. The molecule has 0 aliphatic carbocycles. The van der Waals surface area contributed by atoms with Crippen LogP contribution in [-0.4, -0.2) is 92.2 Å². The van der Waals surface area contributed by atoms with Crippen LogP contribution < -0.4 is 0 Å². The SMILES string of the molecule is [Ag].[Mg].[Mg].[Mg].[Mg]. The van der Waals surface area contributed by atoms with Gasteiger partial charge in [0.05, 0.1) is 0 Å². The summed E-state index contributed by atoms with van der Waals surface area (Å²) >= 11 is 0. The van der Waals surface area contributed by atoms with Gasteiger partial charge in [-0.05, 0) is 0 Å².